The first-order valence-electron chi connectivity index (χ1n) is 6.22. The molecule has 118 valence electrons. The van der Waals surface area contributed by atoms with Crippen LogP contribution in [0.2, 0.25) is 0 Å². The Morgan fingerprint density at radius 2 is 2.05 bits per heavy atom. The minimum atomic E-state index is -4.54. The van der Waals surface area contributed by atoms with Crippen molar-refractivity contribution in [2.45, 2.75) is 13.1 Å². The second-order valence-electron chi connectivity index (χ2n) is 4.15. The van der Waals surface area contributed by atoms with Crippen LogP contribution in [0.3, 0.4) is 0 Å². The van der Waals surface area contributed by atoms with Crippen molar-refractivity contribution in [1.29, 1.82) is 0 Å². The van der Waals surface area contributed by atoms with E-state index in [2.05, 4.69) is 15.4 Å². The van der Waals surface area contributed by atoms with E-state index in [1.807, 2.05) is 0 Å². The minimum absolute atomic E-state index is 0.0884. The highest BCUT2D eigenvalue weighted by atomic mass is 19.4. The summed E-state index contributed by atoms with van der Waals surface area (Å²) in [5.74, 6) is -1.09. The normalized spacial score (nSPS) is 11.3. The number of halogens is 3. The van der Waals surface area contributed by atoms with Crippen LogP contribution in [-0.4, -0.2) is 35.1 Å². The number of nitrogens with zero attached hydrogens (tertiary/aromatic N) is 2. The molecule has 1 aromatic carbocycles. The summed E-state index contributed by atoms with van der Waals surface area (Å²) in [5, 5.41) is 9.70. The summed E-state index contributed by atoms with van der Waals surface area (Å²) >= 11 is 0. The molecule has 1 N–H and O–H groups in total. The highest BCUT2D eigenvalue weighted by molar-refractivity contribution is 5.94. The number of H-pyrrole nitrogens is 1. The summed E-state index contributed by atoms with van der Waals surface area (Å²) < 4.78 is 48.1. The molecule has 0 aliphatic carbocycles. The fourth-order valence-corrected chi connectivity index (χ4v) is 1.85. The third-order valence-corrected chi connectivity index (χ3v) is 2.80. The van der Waals surface area contributed by atoms with E-state index in [0.29, 0.717) is 0 Å². The van der Waals surface area contributed by atoms with Gasteiger partial charge in [0.1, 0.15) is 11.4 Å². The Hall–Kier alpha value is -2.58. The molecule has 2 rings (SSSR count). The molecule has 22 heavy (non-hydrogen) atoms. The molecule has 0 amide bonds. The molecule has 6 nitrogen and oxygen atoms in total. The van der Waals surface area contributed by atoms with E-state index in [1.54, 1.807) is 6.92 Å². The third kappa shape index (κ3) is 3.02. The van der Waals surface area contributed by atoms with Gasteiger partial charge in [-0.05, 0) is 19.1 Å². The second-order valence-corrected chi connectivity index (χ2v) is 4.15. The van der Waals surface area contributed by atoms with E-state index in [9.17, 15) is 18.0 Å². The molecule has 1 aromatic heterocycles. The molecule has 0 spiro atoms. The first kappa shape index (κ1) is 15.8. The van der Waals surface area contributed by atoms with Gasteiger partial charge in [0, 0.05) is 5.56 Å². The molecule has 0 saturated heterocycles. The van der Waals surface area contributed by atoms with E-state index >= 15 is 0 Å². The number of hydrogen-bond acceptors (Lipinski definition) is 5. The van der Waals surface area contributed by atoms with Gasteiger partial charge >= 0.3 is 12.1 Å². The molecule has 0 radical (unpaired) electrons. The Labute approximate surface area is 123 Å². The standard InChI is InChI=1S/C13H12F3N3O3/c1-3-22-12(20)11-10(17-19-18-11)7-4-5-8(13(14,15)16)9(6-7)21-2/h4-6H,3H2,1-2H3,(H,17,18,19). The topological polar surface area (TPSA) is 77.1 Å². The maximum atomic E-state index is 12.8. The van der Waals surface area contributed by atoms with E-state index in [0.717, 1.165) is 19.2 Å². The van der Waals surface area contributed by atoms with Gasteiger partial charge in [-0.3, -0.25) is 0 Å². The number of ether oxygens (including phenoxy) is 2. The summed E-state index contributed by atoms with van der Waals surface area (Å²) in [4.78, 5) is 11.7. The first-order valence-corrected chi connectivity index (χ1v) is 6.22. The molecule has 2 aromatic rings. The number of methoxy groups -OCH3 is 1. The number of aromatic amines is 1. The van der Waals surface area contributed by atoms with Crippen molar-refractivity contribution in [3.8, 4) is 17.0 Å². The quantitative estimate of drug-likeness (QED) is 0.878. The molecule has 0 aliphatic rings. The number of alkyl halides is 3. The van der Waals surface area contributed by atoms with Gasteiger partial charge in [-0.15, -0.1) is 5.10 Å². The Morgan fingerprint density at radius 3 is 2.64 bits per heavy atom. The number of rotatable bonds is 4. The van der Waals surface area contributed by atoms with Crippen LogP contribution < -0.4 is 4.74 Å². The van der Waals surface area contributed by atoms with Crippen molar-refractivity contribution >= 4 is 5.97 Å². The predicted octanol–water partition coefficient (Wildman–Crippen LogP) is 2.68. The number of esters is 1. The van der Waals surface area contributed by atoms with Gasteiger partial charge in [0.15, 0.2) is 5.69 Å². The number of carbonyl (C=O) groups excluding carboxylic acids is 1. The molecular formula is C13H12F3N3O3. The van der Waals surface area contributed by atoms with Crippen molar-refractivity contribution in [2.24, 2.45) is 0 Å². The Balaban J connectivity index is 2.47. The van der Waals surface area contributed by atoms with E-state index in [-0.39, 0.29) is 29.3 Å². The minimum Gasteiger partial charge on any atom is -0.496 e. The first-order chi connectivity index (χ1) is 10.4. The molecule has 9 heteroatoms. The van der Waals surface area contributed by atoms with Gasteiger partial charge in [0.05, 0.1) is 19.3 Å². The van der Waals surface area contributed by atoms with Gasteiger partial charge < -0.3 is 9.47 Å². The molecule has 1 heterocycles. The number of aromatic nitrogens is 3. The lowest BCUT2D eigenvalue weighted by Crippen LogP contribution is -2.08. The predicted molar refractivity (Wildman–Crippen MR) is 69.3 cm³/mol. The molecular weight excluding hydrogens is 303 g/mol. The number of benzene rings is 1. The van der Waals surface area contributed by atoms with E-state index < -0.39 is 17.7 Å². The lowest BCUT2D eigenvalue weighted by Gasteiger charge is -2.12. The van der Waals surface area contributed by atoms with Crippen LogP contribution in [0.25, 0.3) is 11.3 Å². The Bertz CT molecular complexity index is 683. The second kappa shape index (κ2) is 6.04. The van der Waals surface area contributed by atoms with Gasteiger partial charge in [-0.2, -0.15) is 23.5 Å². The maximum Gasteiger partial charge on any atom is 0.419 e. The van der Waals surface area contributed by atoms with Crippen LogP contribution in [-0.2, 0) is 10.9 Å². The van der Waals surface area contributed by atoms with Crippen molar-refractivity contribution in [3.05, 3.63) is 29.5 Å². The van der Waals surface area contributed by atoms with Crippen molar-refractivity contribution in [3.63, 3.8) is 0 Å². The van der Waals surface area contributed by atoms with Gasteiger partial charge in [0.2, 0.25) is 0 Å². The van der Waals surface area contributed by atoms with Crippen LogP contribution in [0.4, 0.5) is 13.2 Å². The van der Waals surface area contributed by atoms with Crippen molar-refractivity contribution in [2.75, 3.05) is 13.7 Å². The van der Waals surface area contributed by atoms with Gasteiger partial charge in [-0.1, -0.05) is 6.07 Å². The fourth-order valence-electron chi connectivity index (χ4n) is 1.85. The average Bonchev–Trinajstić information content (AvgIpc) is 2.95. The zero-order chi connectivity index (χ0) is 16.3. The summed E-state index contributed by atoms with van der Waals surface area (Å²) in [7, 11) is 1.13. The van der Waals surface area contributed by atoms with Crippen LogP contribution in [0.1, 0.15) is 23.0 Å². The Kier molecular flexibility index (Phi) is 4.34. The summed E-state index contributed by atoms with van der Waals surface area (Å²) in [6.45, 7) is 1.76. The molecule has 0 saturated carbocycles. The lowest BCUT2D eigenvalue weighted by atomic mass is 10.1. The SMILES string of the molecule is CCOC(=O)c1n[nH]nc1-c1ccc(C(F)(F)F)c(OC)c1. The average molecular weight is 315 g/mol. The zero-order valence-electron chi connectivity index (χ0n) is 11.7. The van der Waals surface area contributed by atoms with Crippen molar-refractivity contribution in [1.82, 2.24) is 15.4 Å². The van der Waals surface area contributed by atoms with Crippen LogP contribution in [0.5, 0.6) is 5.75 Å². The zero-order valence-corrected chi connectivity index (χ0v) is 11.7. The maximum absolute atomic E-state index is 12.8. The smallest absolute Gasteiger partial charge is 0.419 e. The molecule has 0 bridgehead atoms. The van der Waals surface area contributed by atoms with Crippen molar-refractivity contribution < 1.29 is 27.4 Å². The lowest BCUT2D eigenvalue weighted by molar-refractivity contribution is -0.138. The van der Waals surface area contributed by atoms with Gasteiger partial charge in [0.25, 0.3) is 0 Å². The number of hydrogen-bond donors (Lipinski definition) is 1. The fraction of sp³-hybridized carbons (Fsp3) is 0.308. The van der Waals surface area contributed by atoms with E-state index in [4.69, 9.17) is 9.47 Å². The van der Waals surface area contributed by atoms with Gasteiger partial charge in [-0.25, -0.2) is 4.79 Å². The molecule has 0 fully saturated rings. The van der Waals surface area contributed by atoms with E-state index in [1.165, 1.54) is 6.07 Å². The highest BCUT2D eigenvalue weighted by Gasteiger charge is 2.34. The monoisotopic (exact) mass is 315 g/mol. The highest BCUT2D eigenvalue weighted by Crippen LogP contribution is 2.38. The summed E-state index contributed by atoms with van der Waals surface area (Å²) in [6, 6.07) is 3.19. The number of nitrogens with one attached hydrogen (secondary N) is 1. The molecule has 0 atom stereocenters. The Morgan fingerprint density at radius 1 is 1.32 bits per heavy atom. The third-order valence-electron chi connectivity index (χ3n) is 2.80. The summed E-state index contributed by atoms with van der Waals surface area (Å²) in [6.07, 6.45) is -4.54. The summed E-state index contributed by atoms with van der Waals surface area (Å²) in [5.41, 5.74) is -0.685. The van der Waals surface area contributed by atoms with Crippen LogP contribution in [0, 0.1) is 0 Å². The van der Waals surface area contributed by atoms with Crippen LogP contribution >= 0.6 is 0 Å². The molecule has 0 unspecified atom stereocenters. The number of carbonyl (C=O) groups is 1. The largest absolute Gasteiger partial charge is 0.496 e. The molecule has 0 aliphatic heterocycles. The van der Waals surface area contributed by atoms with Crippen LogP contribution in [0.15, 0.2) is 18.2 Å².